The van der Waals surface area contributed by atoms with Crippen molar-refractivity contribution in [3.8, 4) is 5.69 Å². The number of rotatable bonds is 9. The van der Waals surface area contributed by atoms with Gasteiger partial charge in [-0.25, -0.2) is 0 Å². The van der Waals surface area contributed by atoms with Gasteiger partial charge in [-0.2, -0.15) is 0 Å². The second-order valence-corrected chi connectivity index (χ2v) is 10.2. The molecule has 0 aliphatic heterocycles. The number of furan rings is 1. The Morgan fingerprint density at radius 3 is 2.62 bits per heavy atom. The van der Waals surface area contributed by atoms with Gasteiger partial charge in [0, 0.05) is 15.4 Å². The molecule has 3 aromatic heterocycles. The van der Waals surface area contributed by atoms with Gasteiger partial charge in [0.2, 0.25) is 5.91 Å². The van der Waals surface area contributed by atoms with Crippen molar-refractivity contribution in [3.05, 3.63) is 82.2 Å². The van der Waals surface area contributed by atoms with Crippen molar-refractivity contribution in [2.45, 2.75) is 44.9 Å². The molecule has 3 heterocycles. The molecule has 0 atom stereocenters. The monoisotopic (exact) mass is 466 g/mol. The Morgan fingerprint density at radius 1 is 1.16 bits per heavy atom. The third-order valence-corrected chi connectivity index (χ3v) is 7.01. The van der Waals surface area contributed by atoms with Crippen LogP contribution < -0.4 is 0 Å². The fourth-order valence-electron chi connectivity index (χ4n) is 3.32. The van der Waals surface area contributed by atoms with E-state index in [9.17, 15) is 4.79 Å². The summed E-state index contributed by atoms with van der Waals surface area (Å²) in [5.74, 6) is 1.55. The maximum absolute atomic E-state index is 13.2. The maximum Gasteiger partial charge on any atom is 0.233 e. The van der Waals surface area contributed by atoms with Gasteiger partial charge >= 0.3 is 0 Å². The van der Waals surface area contributed by atoms with E-state index >= 15 is 0 Å². The molecule has 8 heteroatoms. The number of thiophene rings is 1. The third-order valence-electron chi connectivity index (χ3n) is 5.10. The van der Waals surface area contributed by atoms with Gasteiger partial charge in [-0.3, -0.25) is 9.36 Å². The highest BCUT2D eigenvalue weighted by Gasteiger charge is 2.19. The van der Waals surface area contributed by atoms with Crippen molar-refractivity contribution in [2.75, 3.05) is 5.75 Å². The number of thioether (sulfide) groups is 1. The molecule has 166 valence electrons. The van der Waals surface area contributed by atoms with E-state index < -0.39 is 0 Å². The first-order valence-electron chi connectivity index (χ1n) is 10.5. The molecule has 6 nitrogen and oxygen atoms in total. The number of carbonyl (C=O) groups excluding carboxylic acids is 1. The summed E-state index contributed by atoms with van der Waals surface area (Å²) in [7, 11) is 0. The van der Waals surface area contributed by atoms with Crippen LogP contribution in [0.3, 0.4) is 0 Å². The third kappa shape index (κ3) is 5.49. The van der Waals surface area contributed by atoms with Crippen molar-refractivity contribution in [2.24, 2.45) is 0 Å². The second kappa shape index (κ2) is 10.2. The molecule has 0 saturated heterocycles. The topological polar surface area (TPSA) is 64.2 Å². The van der Waals surface area contributed by atoms with Gasteiger partial charge in [-0.15, -0.1) is 21.5 Å². The molecule has 32 heavy (non-hydrogen) atoms. The van der Waals surface area contributed by atoms with Crippen molar-refractivity contribution in [1.82, 2.24) is 19.7 Å². The van der Waals surface area contributed by atoms with Gasteiger partial charge in [0.1, 0.15) is 12.1 Å². The van der Waals surface area contributed by atoms with Crippen molar-refractivity contribution in [3.63, 3.8) is 0 Å². The largest absolute Gasteiger partial charge is 0.467 e. The van der Waals surface area contributed by atoms with E-state index in [0.717, 1.165) is 16.3 Å². The highest BCUT2D eigenvalue weighted by Crippen LogP contribution is 2.24. The quantitative estimate of drug-likeness (QED) is 0.297. The highest BCUT2D eigenvalue weighted by molar-refractivity contribution is 7.99. The van der Waals surface area contributed by atoms with E-state index in [1.807, 2.05) is 21.6 Å². The normalized spacial score (nSPS) is 11.2. The van der Waals surface area contributed by atoms with Gasteiger partial charge in [0.15, 0.2) is 5.16 Å². The predicted octanol–water partition coefficient (Wildman–Crippen LogP) is 5.67. The van der Waals surface area contributed by atoms with E-state index in [-0.39, 0.29) is 11.7 Å². The molecule has 0 aliphatic rings. The Morgan fingerprint density at radius 2 is 1.97 bits per heavy atom. The number of hydrogen-bond donors (Lipinski definition) is 0. The zero-order chi connectivity index (χ0) is 22.5. The molecular formula is C24H26N4O2S2. The molecule has 1 aromatic carbocycles. The summed E-state index contributed by atoms with van der Waals surface area (Å²) in [5, 5.41) is 8.99. The molecule has 4 rings (SSSR count). The van der Waals surface area contributed by atoms with Crippen molar-refractivity contribution >= 4 is 29.0 Å². The molecule has 0 unspecified atom stereocenters. The van der Waals surface area contributed by atoms with Gasteiger partial charge in [0.25, 0.3) is 0 Å². The van der Waals surface area contributed by atoms with E-state index in [4.69, 9.17) is 4.42 Å². The zero-order valence-corrected chi connectivity index (χ0v) is 20.0. The second-order valence-electron chi connectivity index (χ2n) is 7.86. The lowest BCUT2D eigenvalue weighted by atomic mass is 10.0. The van der Waals surface area contributed by atoms with Crippen LogP contribution in [0.15, 0.2) is 70.7 Å². The van der Waals surface area contributed by atoms with Crippen LogP contribution in [0.1, 0.15) is 40.8 Å². The molecule has 0 radical (unpaired) electrons. The lowest BCUT2D eigenvalue weighted by molar-refractivity contribution is -0.129. The molecule has 0 saturated carbocycles. The van der Waals surface area contributed by atoms with E-state index in [1.165, 1.54) is 22.2 Å². The summed E-state index contributed by atoms with van der Waals surface area (Å²) >= 11 is 3.10. The van der Waals surface area contributed by atoms with Crippen LogP contribution in [0.4, 0.5) is 0 Å². The number of carbonyl (C=O) groups is 1. The molecule has 0 bridgehead atoms. The highest BCUT2D eigenvalue weighted by atomic mass is 32.2. The fraction of sp³-hybridized carbons (Fsp3) is 0.292. The van der Waals surface area contributed by atoms with Crippen molar-refractivity contribution in [1.29, 1.82) is 0 Å². The molecule has 0 fully saturated rings. The Bertz CT molecular complexity index is 1150. The number of hydrogen-bond acceptors (Lipinski definition) is 6. The number of aryl methyl sites for hydroxylation is 1. The Labute approximate surface area is 196 Å². The minimum absolute atomic E-state index is 0.0298. The lowest BCUT2D eigenvalue weighted by Crippen LogP contribution is -2.31. The summed E-state index contributed by atoms with van der Waals surface area (Å²) in [5.41, 5.74) is 2.26. The van der Waals surface area contributed by atoms with Gasteiger partial charge in [-0.05, 0) is 54.8 Å². The Balaban J connectivity index is 1.45. The molecule has 0 N–H and O–H groups in total. The molecule has 0 spiro atoms. The number of amides is 1. The number of benzene rings is 1. The molecule has 4 aromatic rings. The molecule has 1 amide bonds. The average molecular weight is 467 g/mol. The van der Waals surface area contributed by atoms with E-state index in [0.29, 0.717) is 24.2 Å². The van der Waals surface area contributed by atoms with E-state index in [2.05, 4.69) is 67.4 Å². The maximum atomic E-state index is 13.2. The van der Waals surface area contributed by atoms with Crippen LogP contribution in [0.2, 0.25) is 0 Å². The molecular weight excluding hydrogens is 440 g/mol. The first kappa shape index (κ1) is 22.4. The predicted molar refractivity (Wildman–Crippen MR) is 128 cm³/mol. The summed E-state index contributed by atoms with van der Waals surface area (Å²) in [6.45, 7) is 7.41. The SMILES string of the molecule is Cc1ccc(CN(Cc2ccco2)C(=O)CSc2nncn2-c2ccc(C(C)C)cc2)s1. The minimum Gasteiger partial charge on any atom is -0.467 e. The zero-order valence-electron chi connectivity index (χ0n) is 18.4. The Hall–Kier alpha value is -2.84. The van der Waals surface area contributed by atoms with Crippen LogP contribution in [0, 0.1) is 6.92 Å². The van der Waals surface area contributed by atoms with Gasteiger partial charge < -0.3 is 9.32 Å². The smallest absolute Gasteiger partial charge is 0.233 e. The van der Waals surface area contributed by atoms with Crippen molar-refractivity contribution < 1.29 is 9.21 Å². The minimum atomic E-state index is 0.0298. The van der Waals surface area contributed by atoms with Crippen LogP contribution in [0.25, 0.3) is 5.69 Å². The van der Waals surface area contributed by atoms with Crippen LogP contribution in [-0.4, -0.2) is 31.3 Å². The first-order valence-corrected chi connectivity index (χ1v) is 12.3. The van der Waals surface area contributed by atoms with Gasteiger partial charge in [0.05, 0.1) is 25.1 Å². The van der Waals surface area contributed by atoms with Crippen LogP contribution in [0.5, 0.6) is 0 Å². The number of aromatic nitrogens is 3. The van der Waals surface area contributed by atoms with Gasteiger partial charge in [-0.1, -0.05) is 37.7 Å². The first-order chi connectivity index (χ1) is 15.5. The van der Waals surface area contributed by atoms with Crippen LogP contribution in [-0.2, 0) is 17.9 Å². The summed E-state index contributed by atoms with van der Waals surface area (Å²) in [6, 6.07) is 16.3. The molecule has 0 aliphatic carbocycles. The summed E-state index contributed by atoms with van der Waals surface area (Å²) in [6.07, 6.45) is 3.32. The van der Waals surface area contributed by atoms with Crippen LogP contribution >= 0.6 is 23.1 Å². The summed E-state index contributed by atoms with van der Waals surface area (Å²) in [4.78, 5) is 17.4. The Kier molecular flexibility index (Phi) is 7.12. The average Bonchev–Trinajstić information content (AvgIpc) is 3.54. The van der Waals surface area contributed by atoms with E-state index in [1.54, 1.807) is 23.9 Å². The standard InChI is InChI=1S/C24H26N4O2S2/c1-17(2)19-7-9-20(10-8-19)28-16-25-26-24(28)31-15-23(29)27(13-21-5-4-12-30-21)14-22-11-6-18(3)32-22/h4-12,16-17H,13-15H2,1-3H3. The lowest BCUT2D eigenvalue weighted by Gasteiger charge is -2.21. The number of nitrogens with zero attached hydrogens (tertiary/aromatic N) is 4. The fourth-order valence-corrected chi connectivity index (χ4v) is 5.06. The summed E-state index contributed by atoms with van der Waals surface area (Å²) < 4.78 is 7.41.